The van der Waals surface area contributed by atoms with Crippen LogP contribution in [0.4, 0.5) is 0 Å². The van der Waals surface area contributed by atoms with Crippen LogP contribution in [-0.4, -0.2) is 21.5 Å². The van der Waals surface area contributed by atoms with Gasteiger partial charge in [-0.25, -0.2) is 0 Å². The molecule has 1 heterocycles. The van der Waals surface area contributed by atoms with Gasteiger partial charge in [0.25, 0.3) is 0 Å². The Morgan fingerprint density at radius 1 is 1.56 bits per heavy atom. The van der Waals surface area contributed by atoms with E-state index in [1.807, 2.05) is 0 Å². The van der Waals surface area contributed by atoms with E-state index < -0.39 is 0 Å². The van der Waals surface area contributed by atoms with E-state index in [1.54, 1.807) is 0 Å². The number of hydrogen-bond acceptors (Lipinski definition) is 3. The van der Waals surface area contributed by atoms with E-state index in [2.05, 4.69) is 4.98 Å². The largest absolute Gasteiger partial charge is 0.494 e. The van der Waals surface area contributed by atoms with E-state index in [0.29, 0.717) is 6.29 Å². The quantitative estimate of drug-likeness (QED) is 0.473. The van der Waals surface area contributed by atoms with E-state index in [4.69, 9.17) is 10.2 Å². The number of hydrogen-bond donors (Lipinski definition) is 3. The summed E-state index contributed by atoms with van der Waals surface area (Å²) in [5.74, 6) is -0.517. The summed E-state index contributed by atoms with van der Waals surface area (Å²) in [6, 6.07) is 1.14. The van der Waals surface area contributed by atoms with Crippen LogP contribution in [0.5, 0.6) is 11.8 Å². The average molecular weight is 127 g/mol. The van der Waals surface area contributed by atoms with Gasteiger partial charge in [-0.15, -0.1) is 0 Å². The second kappa shape index (κ2) is 1.81. The average Bonchev–Trinajstić information content (AvgIpc) is 2.10. The number of carbonyl (C=O) groups is 1. The van der Waals surface area contributed by atoms with Crippen molar-refractivity contribution < 1.29 is 15.0 Å². The molecule has 4 nitrogen and oxygen atoms in total. The topological polar surface area (TPSA) is 73.3 Å². The van der Waals surface area contributed by atoms with Crippen LogP contribution in [0.3, 0.4) is 0 Å². The van der Waals surface area contributed by atoms with Gasteiger partial charge in [-0.3, -0.25) is 9.78 Å². The molecule has 0 atom stereocenters. The molecule has 9 heavy (non-hydrogen) atoms. The Bertz CT molecular complexity index is 228. The zero-order valence-electron chi connectivity index (χ0n) is 4.46. The van der Waals surface area contributed by atoms with Gasteiger partial charge in [-0.05, 0) is 0 Å². The van der Waals surface area contributed by atoms with E-state index in [-0.39, 0.29) is 17.3 Å². The lowest BCUT2D eigenvalue weighted by atomic mass is 10.4. The molecule has 0 saturated carbocycles. The molecule has 0 saturated heterocycles. The Hall–Kier alpha value is -1.45. The van der Waals surface area contributed by atoms with Crippen LogP contribution in [0, 0.1) is 0 Å². The lowest BCUT2D eigenvalue weighted by molar-refractivity contribution is 0.112. The van der Waals surface area contributed by atoms with Gasteiger partial charge in [0, 0.05) is 6.07 Å². The predicted octanol–water partition coefficient (Wildman–Crippen LogP) is 0.238. The minimum Gasteiger partial charge on any atom is -0.494 e. The second-order valence-electron chi connectivity index (χ2n) is 1.58. The Morgan fingerprint density at radius 2 is 2.22 bits per heavy atom. The Morgan fingerprint density at radius 3 is 2.44 bits per heavy atom. The first kappa shape index (κ1) is 5.68. The van der Waals surface area contributed by atoms with Crippen LogP contribution in [0.15, 0.2) is 6.07 Å². The SMILES string of the molecule is O=Cc1cc(O)[nH]c1O. The summed E-state index contributed by atoms with van der Waals surface area (Å²) < 4.78 is 0. The number of nitrogens with one attached hydrogen (secondary N) is 1. The number of aldehydes is 1. The van der Waals surface area contributed by atoms with Crippen molar-refractivity contribution in [1.29, 1.82) is 0 Å². The number of aromatic hydroxyl groups is 2. The number of carbonyl (C=O) groups excluding carboxylic acids is 1. The van der Waals surface area contributed by atoms with Gasteiger partial charge in [0.2, 0.25) is 5.88 Å². The first-order chi connectivity index (χ1) is 4.24. The minimum absolute atomic E-state index is 0.0625. The monoisotopic (exact) mass is 127 g/mol. The third-order valence-corrected chi connectivity index (χ3v) is 0.939. The number of H-pyrrole nitrogens is 1. The summed E-state index contributed by atoms with van der Waals surface area (Å²) in [6.45, 7) is 0. The molecule has 0 aliphatic carbocycles. The van der Waals surface area contributed by atoms with Gasteiger partial charge >= 0.3 is 0 Å². The second-order valence-corrected chi connectivity index (χ2v) is 1.58. The lowest BCUT2D eigenvalue weighted by Crippen LogP contribution is -1.71. The molecule has 4 heteroatoms. The molecule has 0 amide bonds. The molecular weight excluding hydrogens is 122 g/mol. The fraction of sp³-hybridized carbons (Fsp3) is 0. The number of aromatic nitrogens is 1. The first-order valence-corrected chi connectivity index (χ1v) is 2.30. The van der Waals surface area contributed by atoms with Crippen LogP contribution in [-0.2, 0) is 0 Å². The molecule has 1 aromatic rings. The highest BCUT2D eigenvalue weighted by Crippen LogP contribution is 2.18. The van der Waals surface area contributed by atoms with Gasteiger partial charge in [-0.1, -0.05) is 0 Å². The summed E-state index contributed by atoms with van der Waals surface area (Å²) in [5, 5.41) is 17.3. The highest BCUT2D eigenvalue weighted by atomic mass is 16.3. The Balaban J connectivity index is 3.15. The fourth-order valence-corrected chi connectivity index (χ4v) is 0.535. The number of aromatic amines is 1. The maximum absolute atomic E-state index is 9.95. The fourth-order valence-electron chi connectivity index (χ4n) is 0.535. The highest BCUT2D eigenvalue weighted by molar-refractivity contribution is 5.79. The molecule has 0 unspecified atom stereocenters. The van der Waals surface area contributed by atoms with Crippen molar-refractivity contribution in [3.8, 4) is 11.8 Å². The standard InChI is InChI=1S/C5H5NO3/c7-2-3-1-4(8)6-5(3)9/h1-2,6,8-9H. The molecule has 0 bridgehead atoms. The van der Waals surface area contributed by atoms with Crippen LogP contribution >= 0.6 is 0 Å². The zero-order valence-corrected chi connectivity index (χ0v) is 4.46. The van der Waals surface area contributed by atoms with E-state index in [9.17, 15) is 4.79 Å². The van der Waals surface area contributed by atoms with Crippen LogP contribution < -0.4 is 0 Å². The maximum atomic E-state index is 9.95. The van der Waals surface area contributed by atoms with Crippen molar-refractivity contribution in [1.82, 2.24) is 4.98 Å². The normalized spacial score (nSPS) is 9.33. The smallest absolute Gasteiger partial charge is 0.202 e. The zero-order chi connectivity index (χ0) is 6.85. The molecule has 0 aliphatic rings. The first-order valence-electron chi connectivity index (χ1n) is 2.30. The van der Waals surface area contributed by atoms with Crippen LogP contribution in [0.1, 0.15) is 10.4 Å². The molecule has 1 rings (SSSR count). The van der Waals surface area contributed by atoms with Crippen molar-refractivity contribution in [3.05, 3.63) is 11.6 Å². The maximum Gasteiger partial charge on any atom is 0.202 e. The highest BCUT2D eigenvalue weighted by Gasteiger charge is 2.02. The van der Waals surface area contributed by atoms with Gasteiger partial charge < -0.3 is 10.2 Å². The van der Waals surface area contributed by atoms with Crippen molar-refractivity contribution in [2.45, 2.75) is 0 Å². The molecule has 0 fully saturated rings. The van der Waals surface area contributed by atoms with Crippen molar-refractivity contribution in [2.24, 2.45) is 0 Å². The molecule has 0 aliphatic heterocycles. The van der Waals surface area contributed by atoms with Gasteiger partial charge in [0.05, 0.1) is 5.56 Å². The third kappa shape index (κ3) is 0.861. The summed E-state index contributed by atoms with van der Waals surface area (Å²) >= 11 is 0. The molecule has 1 aromatic heterocycles. The Labute approximate surface area is 50.8 Å². The third-order valence-electron chi connectivity index (χ3n) is 0.939. The molecule has 0 aromatic carbocycles. The summed E-state index contributed by atoms with van der Waals surface area (Å²) in [6.07, 6.45) is 0.450. The molecule has 0 radical (unpaired) electrons. The predicted molar refractivity (Wildman–Crippen MR) is 29.5 cm³/mol. The molecule has 0 spiro atoms. The van der Waals surface area contributed by atoms with E-state index in [1.165, 1.54) is 0 Å². The van der Waals surface area contributed by atoms with E-state index in [0.717, 1.165) is 6.07 Å². The number of rotatable bonds is 1. The summed E-state index contributed by atoms with van der Waals surface area (Å²) in [7, 11) is 0. The van der Waals surface area contributed by atoms with Crippen LogP contribution in [0.25, 0.3) is 0 Å². The van der Waals surface area contributed by atoms with Crippen molar-refractivity contribution >= 4 is 6.29 Å². The van der Waals surface area contributed by atoms with Gasteiger partial charge in [-0.2, -0.15) is 0 Å². The van der Waals surface area contributed by atoms with Crippen LogP contribution in [0.2, 0.25) is 0 Å². The van der Waals surface area contributed by atoms with Crippen molar-refractivity contribution in [2.75, 3.05) is 0 Å². The van der Waals surface area contributed by atoms with Gasteiger partial charge in [0.1, 0.15) is 0 Å². The molecule has 3 N–H and O–H groups in total. The Kier molecular flexibility index (Phi) is 1.14. The molecular formula is C5H5NO3. The lowest BCUT2D eigenvalue weighted by Gasteiger charge is -1.80. The molecule has 48 valence electrons. The summed E-state index contributed by atoms with van der Waals surface area (Å²) in [4.78, 5) is 12.1. The minimum atomic E-state index is -0.303. The van der Waals surface area contributed by atoms with E-state index >= 15 is 0 Å². The van der Waals surface area contributed by atoms with Crippen molar-refractivity contribution in [3.63, 3.8) is 0 Å². The summed E-state index contributed by atoms with van der Waals surface area (Å²) in [5.41, 5.74) is 0.0625. The van der Waals surface area contributed by atoms with Gasteiger partial charge in [0.15, 0.2) is 12.2 Å².